The van der Waals surface area contributed by atoms with Crippen LogP contribution in [-0.2, 0) is 18.4 Å². The first-order valence-electron chi connectivity index (χ1n) is 9.59. The lowest BCUT2D eigenvalue weighted by molar-refractivity contribution is -0.00705. The number of piperidine rings is 1. The molecule has 0 radical (unpaired) electrons. The van der Waals surface area contributed by atoms with Crippen molar-refractivity contribution < 1.29 is 14.3 Å². The van der Waals surface area contributed by atoms with Crippen LogP contribution < -0.4 is 4.74 Å². The van der Waals surface area contributed by atoms with Crippen LogP contribution in [0.2, 0.25) is 0 Å². The predicted octanol–water partition coefficient (Wildman–Crippen LogP) is 3.40. The lowest BCUT2D eigenvalue weighted by Crippen LogP contribution is -2.43. The zero-order chi connectivity index (χ0) is 19.5. The maximum Gasteiger partial charge on any atom is 0.270 e. The van der Waals surface area contributed by atoms with Gasteiger partial charge in [0.25, 0.3) is 5.91 Å². The molecule has 0 aliphatic carbocycles. The number of amides is 1. The normalized spacial score (nSPS) is 17.1. The number of methoxy groups -OCH3 is 1. The maximum absolute atomic E-state index is 13.2. The van der Waals surface area contributed by atoms with Gasteiger partial charge in [0.1, 0.15) is 11.4 Å². The molecule has 1 aliphatic rings. The zero-order valence-electron chi connectivity index (χ0n) is 16.3. The highest BCUT2D eigenvalue weighted by atomic mass is 16.5. The van der Waals surface area contributed by atoms with E-state index in [9.17, 15) is 4.79 Å². The van der Waals surface area contributed by atoms with Crippen LogP contribution in [0.5, 0.6) is 5.75 Å². The molecule has 1 fully saturated rings. The molecule has 0 spiro atoms. The van der Waals surface area contributed by atoms with Gasteiger partial charge in [0.2, 0.25) is 0 Å². The summed E-state index contributed by atoms with van der Waals surface area (Å²) in [6.07, 6.45) is 5.53. The highest BCUT2D eigenvalue weighted by Gasteiger charge is 2.27. The Kier molecular flexibility index (Phi) is 5.30. The molecule has 146 valence electrons. The second-order valence-corrected chi connectivity index (χ2v) is 7.20. The van der Waals surface area contributed by atoms with Gasteiger partial charge < -0.3 is 18.9 Å². The predicted molar refractivity (Wildman–Crippen MR) is 107 cm³/mol. The summed E-state index contributed by atoms with van der Waals surface area (Å²) in [5.41, 5.74) is 2.76. The number of likely N-dealkylation sites (tertiary alicyclic amines) is 1. The number of aryl methyl sites for hydroxylation is 1. The third-order valence-corrected chi connectivity index (χ3v) is 5.34. The first-order valence-corrected chi connectivity index (χ1v) is 9.59. The van der Waals surface area contributed by atoms with Crippen LogP contribution in [0.3, 0.4) is 0 Å². The second kappa shape index (κ2) is 8.02. The van der Waals surface area contributed by atoms with Crippen molar-refractivity contribution in [3.8, 4) is 5.75 Å². The summed E-state index contributed by atoms with van der Waals surface area (Å²) in [6, 6.07) is 11.7. The SMILES string of the molecule is COc1ccc2c(c1)cc(C(=O)N1CCC[C@@H](OCc3cccnc3)C1)n2C. The van der Waals surface area contributed by atoms with Gasteiger partial charge in [0, 0.05) is 43.4 Å². The van der Waals surface area contributed by atoms with E-state index in [1.807, 2.05) is 59.1 Å². The molecule has 6 heteroatoms. The van der Waals surface area contributed by atoms with E-state index < -0.39 is 0 Å². The summed E-state index contributed by atoms with van der Waals surface area (Å²) in [5.74, 6) is 0.839. The highest BCUT2D eigenvalue weighted by Crippen LogP contribution is 2.25. The summed E-state index contributed by atoms with van der Waals surface area (Å²) in [4.78, 5) is 19.2. The van der Waals surface area contributed by atoms with E-state index in [-0.39, 0.29) is 12.0 Å². The number of fused-ring (bicyclic) bond motifs is 1. The molecular weight excluding hydrogens is 354 g/mol. The Labute approximate surface area is 164 Å². The number of pyridine rings is 1. The fourth-order valence-electron chi connectivity index (χ4n) is 3.78. The van der Waals surface area contributed by atoms with E-state index in [2.05, 4.69) is 4.98 Å². The Bertz CT molecular complexity index is 968. The summed E-state index contributed by atoms with van der Waals surface area (Å²) >= 11 is 0. The molecule has 3 aromatic rings. The van der Waals surface area contributed by atoms with Crippen LogP contribution in [0.4, 0.5) is 0 Å². The molecule has 0 saturated carbocycles. The fourth-order valence-corrected chi connectivity index (χ4v) is 3.78. The molecule has 1 aromatic carbocycles. The maximum atomic E-state index is 13.2. The average molecular weight is 379 g/mol. The molecule has 0 bridgehead atoms. The van der Waals surface area contributed by atoms with Crippen molar-refractivity contribution in [2.24, 2.45) is 7.05 Å². The molecule has 0 N–H and O–H groups in total. The fraction of sp³-hybridized carbons (Fsp3) is 0.364. The molecular formula is C22H25N3O3. The number of rotatable bonds is 5. The van der Waals surface area contributed by atoms with Crippen LogP contribution in [0.25, 0.3) is 10.9 Å². The van der Waals surface area contributed by atoms with Crippen LogP contribution in [0.1, 0.15) is 28.9 Å². The molecule has 1 saturated heterocycles. The van der Waals surface area contributed by atoms with E-state index in [4.69, 9.17) is 9.47 Å². The van der Waals surface area contributed by atoms with Gasteiger partial charge in [-0.25, -0.2) is 0 Å². The zero-order valence-corrected chi connectivity index (χ0v) is 16.3. The van der Waals surface area contributed by atoms with Gasteiger partial charge in [0.05, 0.1) is 19.8 Å². The summed E-state index contributed by atoms with van der Waals surface area (Å²) in [7, 11) is 3.58. The van der Waals surface area contributed by atoms with Gasteiger partial charge in [-0.05, 0) is 48.7 Å². The first-order chi connectivity index (χ1) is 13.7. The molecule has 1 aliphatic heterocycles. The van der Waals surface area contributed by atoms with Crippen molar-refractivity contribution in [2.75, 3.05) is 20.2 Å². The van der Waals surface area contributed by atoms with E-state index in [1.54, 1.807) is 13.3 Å². The highest BCUT2D eigenvalue weighted by molar-refractivity contribution is 5.99. The van der Waals surface area contributed by atoms with Crippen LogP contribution >= 0.6 is 0 Å². The smallest absolute Gasteiger partial charge is 0.270 e. The second-order valence-electron chi connectivity index (χ2n) is 7.20. The molecule has 1 atom stereocenters. The number of benzene rings is 1. The van der Waals surface area contributed by atoms with Gasteiger partial charge in [0.15, 0.2) is 0 Å². The number of hydrogen-bond acceptors (Lipinski definition) is 4. The largest absolute Gasteiger partial charge is 0.497 e. The molecule has 6 nitrogen and oxygen atoms in total. The lowest BCUT2D eigenvalue weighted by Gasteiger charge is -2.32. The molecule has 3 heterocycles. The minimum absolute atomic E-state index is 0.0485. The van der Waals surface area contributed by atoms with E-state index >= 15 is 0 Å². The Morgan fingerprint density at radius 2 is 2.18 bits per heavy atom. The van der Waals surface area contributed by atoms with Crippen molar-refractivity contribution in [3.05, 3.63) is 60.0 Å². The topological polar surface area (TPSA) is 56.6 Å². The Morgan fingerprint density at radius 3 is 2.96 bits per heavy atom. The van der Waals surface area contributed by atoms with Gasteiger partial charge >= 0.3 is 0 Å². The van der Waals surface area contributed by atoms with Gasteiger partial charge in [-0.15, -0.1) is 0 Å². The summed E-state index contributed by atoms with van der Waals surface area (Å²) in [6.45, 7) is 1.90. The minimum atomic E-state index is 0.0485. The Balaban J connectivity index is 1.46. The molecule has 2 aromatic heterocycles. The number of hydrogen-bond donors (Lipinski definition) is 0. The van der Waals surface area contributed by atoms with E-state index in [0.717, 1.165) is 41.6 Å². The van der Waals surface area contributed by atoms with Crippen molar-refractivity contribution in [1.82, 2.24) is 14.5 Å². The number of aromatic nitrogens is 2. The summed E-state index contributed by atoms with van der Waals surface area (Å²) < 4.78 is 13.3. The molecule has 1 amide bonds. The van der Waals surface area contributed by atoms with Crippen molar-refractivity contribution in [1.29, 1.82) is 0 Å². The quantitative estimate of drug-likeness (QED) is 0.682. The standard InChI is InChI=1S/C22H25N3O3/c1-24-20-8-7-18(27-2)11-17(20)12-21(24)22(26)25-10-4-6-19(14-25)28-15-16-5-3-9-23-13-16/h3,5,7-9,11-13,19H,4,6,10,14-15H2,1-2H3/t19-/m1/s1. The third kappa shape index (κ3) is 3.73. The van der Waals surface area contributed by atoms with E-state index in [0.29, 0.717) is 18.8 Å². The first kappa shape index (κ1) is 18.5. The number of ether oxygens (including phenoxy) is 2. The number of carbonyl (C=O) groups excluding carboxylic acids is 1. The lowest BCUT2D eigenvalue weighted by atomic mass is 10.1. The third-order valence-electron chi connectivity index (χ3n) is 5.34. The monoisotopic (exact) mass is 379 g/mol. The molecule has 4 rings (SSSR count). The van der Waals surface area contributed by atoms with Crippen LogP contribution in [0.15, 0.2) is 48.8 Å². The average Bonchev–Trinajstić information content (AvgIpc) is 3.08. The van der Waals surface area contributed by atoms with Crippen molar-refractivity contribution in [2.45, 2.75) is 25.6 Å². The Hall–Kier alpha value is -2.86. The molecule has 0 unspecified atom stereocenters. The minimum Gasteiger partial charge on any atom is -0.497 e. The van der Waals surface area contributed by atoms with Crippen LogP contribution in [-0.4, -0.2) is 46.7 Å². The van der Waals surface area contributed by atoms with Crippen molar-refractivity contribution >= 4 is 16.8 Å². The Morgan fingerprint density at radius 1 is 1.29 bits per heavy atom. The number of carbonyl (C=O) groups is 1. The van der Waals surface area contributed by atoms with E-state index in [1.165, 1.54) is 0 Å². The van der Waals surface area contributed by atoms with Gasteiger partial charge in [-0.3, -0.25) is 9.78 Å². The summed E-state index contributed by atoms with van der Waals surface area (Å²) in [5, 5.41) is 1.01. The van der Waals surface area contributed by atoms with Crippen LogP contribution in [0, 0.1) is 0 Å². The van der Waals surface area contributed by atoms with Crippen molar-refractivity contribution in [3.63, 3.8) is 0 Å². The molecule has 28 heavy (non-hydrogen) atoms. The number of nitrogens with zero attached hydrogens (tertiary/aromatic N) is 3. The van der Waals surface area contributed by atoms with Gasteiger partial charge in [-0.2, -0.15) is 0 Å². The van der Waals surface area contributed by atoms with Gasteiger partial charge in [-0.1, -0.05) is 6.07 Å².